The Morgan fingerprint density at radius 3 is 1.98 bits per heavy atom. The molecule has 5 aliphatic rings. The van der Waals surface area contributed by atoms with Crippen molar-refractivity contribution >= 4 is 48.0 Å². The first-order valence-corrected chi connectivity index (χ1v) is 26.9. The molecule has 1 aliphatic heterocycles. The quantitative estimate of drug-likeness (QED) is 0.216. The van der Waals surface area contributed by atoms with Crippen LogP contribution in [-0.2, 0) is 20.8 Å². The van der Waals surface area contributed by atoms with E-state index in [4.69, 9.17) is 17.0 Å². The summed E-state index contributed by atoms with van der Waals surface area (Å²) in [7, 11) is 8.20. The fourth-order valence-corrected chi connectivity index (χ4v) is 19.7. The predicted octanol–water partition coefficient (Wildman–Crippen LogP) is 13.4. The zero-order chi connectivity index (χ0) is 30.5. The van der Waals surface area contributed by atoms with E-state index < -0.39 is 28.9 Å². The Hall–Kier alpha value is -0.310. The zero-order valence-electron chi connectivity index (χ0n) is 28.7. The fraction of sp³-hybridized carbons (Fsp3) is 0.500. The van der Waals surface area contributed by atoms with Crippen molar-refractivity contribution in [1.29, 1.82) is 0 Å². The summed E-state index contributed by atoms with van der Waals surface area (Å²) in [4.78, 5) is 1.61. The zero-order valence-corrected chi connectivity index (χ0v) is 34.5. The van der Waals surface area contributed by atoms with E-state index in [1.807, 2.05) is 0 Å². The first-order chi connectivity index (χ1) is 20.7. The van der Waals surface area contributed by atoms with E-state index in [0.29, 0.717) is 0 Å². The van der Waals surface area contributed by atoms with Crippen LogP contribution in [0.2, 0.25) is 24.2 Å². The molecule has 0 saturated heterocycles. The molecule has 2 aromatic rings. The van der Waals surface area contributed by atoms with Crippen LogP contribution in [0.15, 0.2) is 82.8 Å². The number of rotatable bonds is 5. The van der Waals surface area contributed by atoms with Crippen LogP contribution < -0.4 is 0 Å². The molecule has 0 spiro atoms. The molecule has 3 fully saturated rings. The molecule has 0 radical (unpaired) electrons. The van der Waals surface area contributed by atoms with Crippen molar-refractivity contribution in [2.45, 2.75) is 89.2 Å². The predicted molar refractivity (Wildman–Crippen MR) is 202 cm³/mol. The summed E-state index contributed by atoms with van der Waals surface area (Å²) in [5.74, 6) is 4.62. The summed E-state index contributed by atoms with van der Waals surface area (Å²) >= 11 is 1.46. The van der Waals surface area contributed by atoms with Gasteiger partial charge in [-0.05, 0) is 124 Å². The standard InChI is InChI=1S/C38H48SSi.2CH3.2ClH.Zr/c1-23(2)30-22-33-34(26-14-9-7-10-15-26)25(4)39-36(33)38(30)40(5,6)37-24(3)20-31-32(37)21-28-18-13-19-29(28)35(31)27-16-11-8-12-17-27;;;;;/h7-12,14-17,21,23-24,30-33,36-38H,13,18-20,22H2,1-6H3;2*1H3;2*1H;/q;2*-1;;;+4/p-2. The molecule has 242 valence electrons. The number of benzene rings is 2. The molecule has 7 rings (SSSR count). The van der Waals surface area contributed by atoms with Crippen molar-refractivity contribution in [3.8, 4) is 0 Å². The van der Waals surface area contributed by atoms with Crippen LogP contribution in [0, 0.1) is 50.4 Å². The van der Waals surface area contributed by atoms with Gasteiger partial charge in [0.05, 0.1) is 8.07 Å². The molecule has 45 heavy (non-hydrogen) atoms. The molecule has 8 atom stereocenters. The second-order valence-corrected chi connectivity index (χ2v) is 24.9. The summed E-state index contributed by atoms with van der Waals surface area (Å²) in [5, 5.41) is 0.776. The summed E-state index contributed by atoms with van der Waals surface area (Å²) in [6.07, 6.45) is 9.60. The van der Waals surface area contributed by atoms with Crippen molar-refractivity contribution in [2.24, 2.45) is 35.5 Å². The number of fused-ring (bicyclic) bond motifs is 3. The van der Waals surface area contributed by atoms with E-state index in [9.17, 15) is 0 Å². The van der Waals surface area contributed by atoms with Gasteiger partial charge in [0.1, 0.15) is 0 Å². The Kier molecular flexibility index (Phi) is 12.9. The van der Waals surface area contributed by atoms with Gasteiger partial charge >= 0.3 is 37.9 Å². The van der Waals surface area contributed by atoms with Crippen LogP contribution in [0.25, 0.3) is 11.1 Å². The van der Waals surface area contributed by atoms with Crippen molar-refractivity contribution in [2.75, 3.05) is 0 Å². The Morgan fingerprint density at radius 2 is 1.40 bits per heavy atom. The second-order valence-electron chi connectivity index (χ2n) is 14.8. The minimum atomic E-state index is -1.67. The SMILES string of the molecule is CC1=C(c2ccccc2)C2CC(C(C)C)C([Si](C)(C)C3C(C)CC4C(c5ccccc5)=C5CCCC5=CC43)C2S1.[CH3-].[CH3-].[Cl][Zr+2][Cl]. The third-order valence-corrected chi connectivity index (χ3v) is 18.9. The number of hydrogen-bond acceptors (Lipinski definition) is 1. The van der Waals surface area contributed by atoms with E-state index in [1.165, 1.54) is 43.2 Å². The third kappa shape index (κ3) is 6.80. The molecular weight excluding hydrogens is 703 g/mol. The molecule has 1 heterocycles. The van der Waals surface area contributed by atoms with Gasteiger partial charge in [0.2, 0.25) is 0 Å². The van der Waals surface area contributed by atoms with Crippen LogP contribution in [0.5, 0.6) is 0 Å². The first kappa shape index (κ1) is 37.5. The average molecular weight is 757 g/mol. The Morgan fingerprint density at radius 1 is 0.822 bits per heavy atom. The number of allylic oxidation sites excluding steroid dienone is 6. The van der Waals surface area contributed by atoms with E-state index in [0.717, 1.165) is 51.8 Å². The molecule has 5 heteroatoms. The van der Waals surface area contributed by atoms with Crippen molar-refractivity contribution in [1.82, 2.24) is 0 Å². The first-order valence-electron chi connectivity index (χ1n) is 16.6. The van der Waals surface area contributed by atoms with Gasteiger partial charge in [-0.25, -0.2) is 0 Å². The van der Waals surface area contributed by atoms with Gasteiger partial charge in [-0.3, -0.25) is 0 Å². The van der Waals surface area contributed by atoms with Crippen LogP contribution in [0.3, 0.4) is 0 Å². The topological polar surface area (TPSA) is 0 Å². The fourth-order valence-electron chi connectivity index (χ4n) is 10.8. The van der Waals surface area contributed by atoms with Crippen molar-refractivity contribution in [3.63, 3.8) is 0 Å². The van der Waals surface area contributed by atoms with Crippen molar-refractivity contribution < 1.29 is 20.8 Å². The molecule has 3 saturated carbocycles. The van der Waals surface area contributed by atoms with Gasteiger partial charge in [0.25, 0.3) is 0 Å². The molecular formula is C40H54Cl2SSiZr. The van der Waals surface area contributed by atoms with E-state index in [2.05, 4.69) is 119 Å². The molecule has 4 aliphatic carbocycles. The number of thioether (sulfide) groups is 1. The summed E-state index contributed by atoms with van der Waals surface area (Å²) in [5.41, 5.74) is 11.7. The van der Waals surface area contributed by atoms with Crippen molar-refractivity contribution in [3.05, 3.63) is 109 Å². The van der Waals surface area contributed by atoms with Crippen LogP contribution >= 0.6 is 28.8 Å². The Bertz CT molecular complexity index is 1400. The van der Waals surface area contributed by atoms with Gasteiger partial charge < -0.3 is 14.9 Å². The Balaban J connectivity index is 0.000000888. The summed E-state index contributed by atoms with van der Waals surface area (Å²) in [6.45, 7) is 15.9. The van der Waals surface area contributed by atoms with E-state index in [1.54, 1.807) is 27.2 Å². The van der Waals surface area contributed by atoms with Gasteiger partial charge in [-0.15, -0.1) is 11.8 Å². The molecule has 2 aromatic carbocycles. The average Bonchev–Trinajstić information content (AvgIpc) is 3.74. The molecule has 0 nitrogen and oxygen atoms in total. The number of hydrogen-bond donors (Lipinski definition) is 0. The van der Waals surface area contributed by atoms with Gasteiger partial charge in [0, 0.05) is 5.25 Å². The van der Waals surface area contributed by atoms with Gasteiger partial charge in [0.15, 0.2) is 0 Å². The summed E-state index contributed by atoms with van der Waals surface area (Å²) < 4.78 is 0. The maximum absolute atomic E-state index is 4.93. The summed E-state index contributed by atoms with van der Waals surface area (Å²) in [6, 6.07) is 22.9. The second kappa shape index (κ2) is 15.5. The maximum atomic E-state index is 4.93. The monoisotopic (exact) mass is 754 g/mol. The molecule has 0 amide bonds. The Labute approximate surface area is 300 Å². The number of halogens is 2. The minimum absolute atomic E-state index is 0. The van der Waals surface area contributed by atoms with Crippen LogP contribution in [0.1, 0.15) is 70.9 Å². The molecule has 0 bridgehead atoms. The van der Waals surface area contributed by atoms with E-state index >= 15 is 0 Å². The van der Waals surface area contributed by atoms with Gasteiger partial charge in [-0.2, -0.15) is 0 Å². The van der Waals surface area contributed by atoms with Crippen LogP contribution in [-0.4, -0.2) is 13.3 Å². The molecule has 0 aromatic heterocycles. The molecule has 8 unspecified atom stereocenters. The normalized spacial score (nSPS) is 31.6. The molecule has 0 N–H and O–H groups in total. The third-order valence-electron chi connectivity index (χ3n) is 12.0. The van der Waals surface area contributed by atoms with E-state index in [-0.39, 0.29) is 14.9 Å². The van der Waals surface area contributed by atoms with Gasteiger partial charge in [-0.1, -0.05) is 101 Å². The van der Waals surface area contributed by atoms with Crippen LogP contribution in [0.4, 0.5) is 0 Å².